The van der Waals surface area contributed by atoms with Crippen LogP contribution in [-0.2, 0) is 0 Å². The Morgan fingerprint density at radius 2 is 1.92 bits per heavy atom. The van der Waals surface area contributed by atoms with Crippen LogP contribution in [0.15, 0.2) is 12.2 Å². The Morgan fingerprint density at radius 1 is 1.17 bits per heavy atom. The van der Waals surface area contributed by atoms with Crippen LogP contribution in [0.1, 0.15) is 52.4 Å². The van der Waals surface area contributed by atoms with Gasteiger partial charge in [0.25, 0.3) is 0 Å². The summed E-state index contributed by atoms with van der Waals surface area (Å²) < 4.78 is 0. The summed E-state index contributed by atoms with van der Waals surface area (Å²) in [6, 6.07) is 0. The number of aliphatic hydroxyl groups is 1. The molecule has 0 radical (unpaired) electrons. The molecule has 1 nitrogen and oxygen atoms in total. The maximum Gasteiger partial charge on any atom is 0.0546 e. The molecule has 0 aliphatic rings. The molecule has 0 fully saturated rings. The average molecular weight is 170 g/mol. The van der Waals surface area contributed by atoms with Gasteiger partial charge in [0.2, 0.25) is 0 Å². The first-order valence-electron chi connectivity index (χ1n) is 5.10. The predicted octanol–water partition coefficient (Wildman–Crippen LogP) is 3.28. The van der Waals surface area contributed by atoms with E-state index in [1.165, 1.54) is 32.1 Å². The van der Waals surface area contributed by atoms with Gasteiger partial charge in [0.1, 0.15) is 0 Å². The van der Waals surface area contributed by atoms with Crippen molar-refractivity contribution in [2.24, 2.45) is 0 Å². The third kappa shape index (κ3) is 9.70. The van der Waals surface area contributed by atoms with Gasteiger partial charge < -0.3 is 5.11 Å². The Kier molecular flexibility index (Phi) is 8.57. The second-order valence-electron chi connectivity index (χ2n) is 3.41. The molecule has 0 aromatic rings. The molecule has 1 atom stereocenters. The Labute approximate surface area is 76.5 Å². The highest BCUT2D eigenvalue weighted by Gasteiger charge is 1.88. The fraction of sp³-hybridized carbons (Fsp3) is 0.818. The summed E-state index contributed by atoms with van der Waals surface area (Å²) in [6.07, 6.45) is 11.3. The quantitative estimate of drug-likeness (QED) is 0.459. The summed E-state index contributed by atoms with van der Waals surface area (Å²) in [6.45, 7) is 4.05. The fourth-order valence-electron chi connectivity index (χ4n) is 1.10. The number of unbranched alkanes of at least 4 members (excludes halogenated alkanes) is 4. The summed E-state index contributed by atoms with van der Waals surface area (Å²) >= 11 is 0. The lowest BCUT2D eigenvalue weighted by atomic mass is 10.1. The molecule has 0 aliphatic heterocycles. The van der Waals surface area contributed by atoms with Gasteiger partial charge in [-0.1, -0.05) is 38.3 Å². The van der Waals surface area contributed by atoms with Gasteiger partial charge in [-0.15, -0.1) is 0 Å². The van der Waals surface area contributed by atoms with Crippen molar-refractivity contribution in [1.29, 1.82) is 0 Å². The zero-order valence-corrected chi connectivity index (χ0v) is 8.42. The molecule has 0 amide bonds. The molecule has 0 aliphatic carbocycles. The third-order valence-corrected chi connectivity index (χ3v) is 1.87. The molecule has 0 saturated heterocycles. The van der Waals surface area contributed by atoms with E-state index >= 15 is 0 Å². The van der Waals surface area contributed by atoms with Crippen molar-refractivity contribution < 1.29 is 5.11 Å². The van der Waals surface area contributed by atoms with Gasteiger partial charge in [0.05, 0.1) is 6.10 Å². The average Bonchev–Trinajstić information content (AvgIpc) is 2.02. The van der Waals surface area contributed by atoms with Crippen molar-refractivity contribution in [1.82, 2.24) is 0 Å². The maximum absolute atomic E-state index is 8.94. The molecule has 1 heteroatoms. The standard InChI is InChI=1S/C11H22O/c1-3-4-5-6-7-8-9-10-11(2)12/h8-9,11-12H,3-7,10H2,1-2H3/b9-8+. The highest BCUT2D eigenvalue weighted by molar-refractivity contribution is 4.82. The minimum Gasteiger partial charge on any atom is -0.393 e. The molecule has 0 aromatic heterocycles. The Bertz CT molecular complexity index is 106. The number of rotatable bonds is 7. The first kappa shape index (κ1) is 11.7. The molecule has 0 aromatic carbocycles. The van der Waals surface area contributed by atoms with Crippen molar-refractivity contribution >= 4 is 0 Å². The van der Waals surface area contributed by atoms with E-state index in [0.29, 0.717) is 0 Å². The molecule has 0 bridgehead atoms. The van der Waals surface area contributed by atoms with Crippen LogP contribution in [0.25, 0.3) is 0 Å². The molecule has 12 heavy (non-hydrogen) atoms. The van der Waals surface area contributed by atoms with Crippen LogP contribution in [0.4, 0.5) is 0 Å². The first-order chi connectivity index (χ1) is 5.77. The van der Waals surface area contributed by atoms with Crippen LogP contribution in [0.5, 0.6) is 0 Å². The van der Waals surface area contributed by atoms with Gasteiger partial charge in [0, 0.05) is 0 Å². The molecular formula is C11H22O. The van der Waals surface area contributed by atoms with E-state index in [2.05, 4.69) is 19.1 Å². The van der Waals surface area contributed by atoms with Gasteiger partial charge in [0.15, 0.2) is 0 Å². The summed E-state index contributed by atoms with van der Waals surface area (Å²) in [7, 11) is 0. The second kappa shape index (κ2) is 8.79. The van der Waals surface area contributed by atoms with E-state index < -0.39 is 0 Å². The number of hydrogen-bond donors (Lipinski definition) is 1. The van der Waals surface area contributed by atoms with Crippen molar-refractivity contribution in [2.75, 3.05) is 0 Å². The van der Waals surface area contributed by atoms with Crippen LogP contribution in [-0.4, -0.2) is 11.2 Å². The molecule has 1 N–H and O–H groups in total. The monoisotopic (exact) mass is 170 g/mol. The Hall–Kier alpha value is -0.300. The van der Waals surface area contributed by atoms with Gasteiger partial charge >= 0.3 is 0 Å². The summed E-state index contributed by atoms with van der Waals surface area (Å²) in [4.78, 5) is 0. The SMILES string of the molecule is CCCCCC/C=C/CC(C)O. The van der Waals surface area contributed by atoms with E-state index in [-0.39, 0.29) is 6.10 Å². The minimum absolute atomic E-state index is 0.183. The molecule has 0 rings (SSSR count). The van der Waals surface area contributed by atoms with E-state index in [4.69, 9.17) is 5.11 Å². The lowest BCUT2D eigenvalue weighted by Crippen LogP contribution is -1.95. The molecule has 72 valence electrons. The van der Waals surface area contributed by atoms with Crippen LogP contribution in [0.3, 0.4) is 0 Å². The maximum atomic E-state index is 8.94. The predicted molar refractivity (Wildman–Crippen MR) is 54.2 cm³/mol. The van der Waals surface area contributed by atoms with Gasteiger partial charge in [-0.25, -0.2) is 0 Å². The van der Waals surface area contributed by atoms with Gasteiger partial charge in [-0.3, -0.25) is 0 Å². The summed E-state index contributed by atoms with van der Waals surface area (Å²) in [5, 5.41) is 8.94. The molecular weight excluding hydrogens is 148 g/mol. The third-order valence-electron chi connectivity index (χ3n) is 1.87. The van der Waals surface area contributed by atoms with Crippen molar-refractivity contribution in [3.05, 3.63) is 12.2 Å². The van der Waals surface area contributed by atoms with E-state index in [1.54, 1.807) is 0 Å². The fourth-order valence-corrected chi connectivity index (χ4v) is 1.10. The number of allylic oxidation sites excluding steroid dienone is 1. The molecule has 0 saturated carbocycles. The van der Waals surface area contributed by atoms with E-state index in [1.807, 2.05) is 6.92 Å². The van der Waals surface area contributed by atoms with Crippen LogP contribution in [0, 0.1) is 0 Å². The summed E-state index contributed by atoms with van der Waals surface area (Å²) in [5.74, 6) is 0. The summed E-state index contributed by atoms with van der Waals surface area (Å²) in [5.41, 5.74) is 0. The van der Waals surface area contributed by atoms with E-state index in [9.17, 15) is 0 Å². The lowest BCUT2D eigenvalue weighted by molar-refractivity contribution is 0.198. The van der Waals surface area contributed by atoms with Crippen LogP contribution >= 0.6 is 0 Å². The second-order valence-corrected chi connectivity index (χ2v) is 3.41. The van der Waals surface area contributed by atoms with Crippen LogP contribution < -0.4 is 0 Å². The zero-order chi connectivity index (χ0) is 9.23. The smallest absolute Gasteiger partial charge is 0.0546 e. The van der Waals surface area contributed by atoms with Gasteiger partial charge in [-0.2, -0.15) is 0 Å². The van der Waals surface area contributed by atoms with Crippen molar-refractivity contribution in [2.45, 2.75) is 58.5 Å². The molecule has 1 unspecified atom stereocenters. The van der Waals surface area contributed by atoms with Crippen LogP contribution in [0.2, 0.25) is 0 Å². The largest absolute Gasteiger partial charge is 0.393 e. The molecule has 0 heterocycles. The van der Waals surface area contributed by atoms with E-state index in [0.717, 1.165) is 6.42 Å². The van der Waals surface area contributed by atoms with Crippen molar-refractivity contribution in [3.8, 4) is 0 Å². The topological polar surface area (TPSA) is 20.2 Å². The normalized spacial score (nSPS) is 13.9. The number of aliphatic hydroxyl groups excluding tert-OH is 1. The minimum atomic E-state index is -0.183. The lowest BCUT2D eigenvalue weighted by Gasteiger charge is -1.97. The zero-order valence-electron chi connectivity index (χ0n) is 8.42. The number of hydrogen-bond acceptors (Lipinski definition) is 1. The highest BCUT2D eigenvalue weighted by atomic mass is 16.3. The van der Waals surface area contributed by atoms with Gasteiger partial charge in [-0.05, 0) is 26.2 Å². The molecule has 0 spiro atoms. The van der Waals surface area contributed by atoms with Crippen molar-refractivity contribution in [3.63, 3.8) is 0 Å². The Balaban J connectivity index is 3.03. The highest BCUT2D eigenvalue weighted by Crippen LogP contribution is 2.03. The first-order valence-corrected chi connectivity index (χ1v) is 5.10. The Morgan fingerprint density at radius 3 is 2.50 bits per heavy atom.